The minimum atomic E-state index is -0.325. The zero-order valence-electron chi connectivity index (χ0n) is 15.0. The summed E-state index contributed by atoms with van der Waals surface area (Å²) in [4.78, 5) is 17.8. The first-order valence-corrected chi connectivity index (χ1v) is 9.64. The first kappa shape index (κ1) is 18.1. The van der Waals surface area contributed by atoms with Gasteiger partial charge in [-0.1, -0.05) is 18.2 Å². The number of nitrogens with zero attached hydrogens (tertiary/aromatic N) is 1. The molecule has 0 fully saturated rings. The number of carbonyl (C=O) groups is 1. The van der Waals surface area contributed by atoms with Gasteiger partial charge in [0.2, 0.25) is 0 Å². The molecule has 6 nitrogen and oxygen atoms in total. The molecule has 1 unspecified atom stereocenters. The molecule has 140 valence electrons. The Morgan fingerprint density at radius 3 is 2.82 bits per heavy atom. The Morgan fingerprint density at radius 1 is 1.25 bits per heavy atom. The number of aromatic nitrogens is 1. The highest BCUT2D eigenvalue weighted by Crippen LogP contribution is 2.48. The van der Waals surface area contributed by atoms with Gasteiger partial charge in [0, 0.05) is 39.5 Å². The topological polar surface area (TPSA) is 118 Å². The van der Waals surface area contributed by atoms with E-state index in [1.165, 1.54) is 29.1 Å². The summed E-state index contributed by atoms with van der Waals surface area (Å²) in [6.07, 6.45) is 5.03. The maximum atomic E-state index is 12.6. The van der Waals surface area contributed by atoms with Crippen molar-refractivity contribution in [2.24, 2.45) is 0 Å². The third-order valence-corrected chi connectivity index (χ3v) is 6.11. The number of hydrogen-bond acceptors (Lipinski definition) is 6. The van der Waals surface area contributed by atoms with E-state index in [9.17, 15) is 4.79 Å². The van der Waals surface area contributed by atoms with E-state index >= 15 is 0 Å². The smallest absolute Gasteiger partial charge is 0.257 e. The Labute approximate surface area is 166 Å². The molecule has 6 N–H and O–H groups in total. The van der Waals surface area contributed by atoms with E-state index in [1.807, 2.05) is 18.2 Å². The molecule has 0 saturated carbocycles. The van der Waals surface area contributed by atoms with Crippen LogP contribution in [0.5, 0.6) is 0 Å². The number of nitrogens with one attached hydrogen (secondary N) is 2. The minimum Gasteiger partial charge on any atom is -0.398 e. The van der Waals surface area contributed by atoms with Gasteiger partial charge in [-0.3, -0.25) is 9.78 Å². The molecule has 4 rings (SSSR count). The predicted octanol–water partition coefficient (Wildman–Crippen LogP) is 3.89. The summed E-state index contributed by atoms with van der Waals surface area (Å²) in [5.41, 5.74) is 16.8. The summed E-state index contributed by atoms with van der Waals surface area (Å²) < 4.78 is 0. The molecule has 1 atom stereocenters. The van der Waals surface area contributed by atoms with Crippen molar-refractivity contribution >= 4 is 40.9 Å². The SMILES string of the molecule is N=Cc1cc(NC(=O)c2ccncc2N)cc(C2Cc3ccccc3S2)c1N. The summed E-state index contributed by atoms with van der Waals surface area (Å²) in [7, 11) is 0. The number of rotatable bonds is 4. The fraction of sp³-hybridized carbons (Fsp3) is 0.0952. The van der Waals surface area contributed by atoms with Crippen LogP contribution in [0.4, 0.5) is 17.1 Å². The van der Waals surface area contributed by atoms with Crippen LogP contribution in [0.3, 0.4) is 0 Å². The largest absolute Gasteiger partial charge is 0.398 e. The van der Waals surface area contributed by atoms with Crippen LogP contribution < -0.4 is 16.8 Å². The van der Waals surface area contributed by atoms with Gasteiger partial charge in [0.25, 0.3) is 5.91 Å². The third kappa shape index (κ3) is 3.32. The molecule has 28 heavy (non-hydrogen) atoms. The number of fused-ring (bicyclic) bond motifs is 1. The normalized spacial score (nSPS) is 15.1. The second-order valence-electron chi connectivity index (χ2n) is 6.55. The molecular formula is C21H19N5OS. The lowest BCUT2D eigenvalue weighted by Gasteiger charge is -2.17. The maximum Gasteiger partial charge on any atom is 0.257 e. The summed E-state index contributed by atoms with van der Waals surface area (Å²) in [6, 6.07) is 13.4. The van der Waals surface area contributed by atoms with Gasteiger partial charge >= 0.3 is 0 Å². The molecule has 1 aromatic heterocycles. The van der Waals surface area contributed by atoms with Crippen LogP contribution in [0.2, 0.25) is 0 Å². The van der Waals surface area contributed by atoms with Crippen LogP contribution in [0.1, 0.15) is 32.3 Å². The third-order valence-electron chi connectivity index (χ3n) is 4.75. The second kappa shape index (κ2) is 7.36. The van der Waals surface area contributed by atoms with Gasteiger partial charge in [-0.15, -0.1) is 11.8 Å². The van der Waals surface area contributed by atoms with Crippen molar-refractivity contribution in [1.82, 2.24) is 4.98 Å². The van der Waals surface area contributed by atoms with Crippen LogP contribution in [0.15, 0.2) is 59.8 Å². The molecule has 1 amide bonds. The number of thioether (sulfide) groups is 1. The van der Waals surface area contributed by atoms with E-state index in [1.54, 1.807) is 23.9 Å². The Balaban J connectivity index is 1.67. The average molecular weight is 389 g/mol. The van der Waals surface area contributed by atoms with Crippen molar-refractivity contribution < 1.29 is 4.79 Å². The van der Waals surface area contributed by atoms with Crippen LogP contribution >= 0.6 is 11.8 Å². The van der Waals surface area contributed by atoms with Crippen LogP contribution in [-0.4, -0.2) is 17.1 Å². The average Bonchev–Trinajstić information content (AvgIpc) is 3.13. The molecular weight excluding hydrogens is 370 g/mol. The number of hydrogen-bond donors (Lipinski definition) is 4. The van der Waals surface area contributed by atoms with Crippen molar-refractivity contribution in [1.29, 1.82) is 5.41 Å². The highest BCUT2D eigenvalue weighted by Gasteiger charge is 2.26. The number of pyridine rings is 1. The lowest BCUT2D eigenvalue weighted by molar-refractivity contribution is 0.102. The van der Waals surface area contributed by atoms with Gasteiger partial charge in [-0.2, -0.15) is 0 Å². The first-order chi connectivity index (χ1) is 13.6. The predicted molar refractivity (Wildman–Crippen MR) is 114 cm³/mol. The number of anilines is 3. The molecule has 1 aliphatic heterocycles. The molecule has 0 radical (unpaired) electrons. The molecule has 0 saturated heterocycles. The minimum absolute atomic E-state index is 0.138. The Morgan fingerprint density at radius 2 is 2.07 bits per heavy atom. The maximum absolute atomic E-state index is 12.6. The van der Waals surface area contributed by atoms with Crippen molar-refractivity contribution in [2.75, 3.05) is 16.8 Å². The highest BCUT2D eigenvalue weighted by molar-refractivity contribution is 7.99. The van der Waals surface area contributed by atoms with E-state index in [2.05, 4.69) is 22.4 Å². The molecule has 0 aliphatic carbocycles. The Kier molecular flexibility index (Phi) is 4.75. The van der Waals surface area contributed by atoms with Crippen LogP contribution in [-0.2, 0) is 6.42 Å². The monoisotopic (exact) mass is 389 g/mol. The lowest BCUT2D eigenvalue weighted by Crippen LogP contribution is -2.15. The van der Waals surface area contributed by atoms with Crippen molar-refractivity contribution in [3.63, 3.8) is 0 Å². The zero-order chi connectivity index (χ0) is 19.7. The molecule has 2 heterocycles. The van der Waals surface area contributed by atoms with Gasteiger partial charge < -0.3 is 22.2 Å². The molecule has 7 heteroatoms. The molecule has 0 spiro atoms. The van der Waals surface area contributed by atoms with E-state index in [0.717, 1.165) is 12.0 Å². The first-order valence-electron chi connectivity index (χ1n) is 8.76. The molecule has 1 aliphatic rings. The number of carbonyl (C=O) groups excluding carboxylic acids is 1. The summed E-state index contributed by atoms with van der Waals surface area (Å²) >= 11 is 1.75. The van der Waals surface area contributed by atoms with Crippen LogP contribution in [0, 0.1) is 5.41 Å². The standard InChI is InChI=1S/C21H19N5OS/c22-10-13-7-14(26-21(27)15-5-6-25-11-17(15)23)9-16(20(13)24)19-8-12-3-1-2-4-18(12)28-19/h1-7,9-11,19,22H,8,23-24H2,(H,26,27). The van der Waals surface area contributed by atoms with Gasteiger partial charge in [0.15, 0.2) is 0 Å². The fourth-order valence-corrected chi connectivity index (χ4v) is 4.68. The quantitative estimate of drug-likeness (QED) is 0.399. The van der Waals surface area contributed by atoms with Gasteiger partial charge in [-0.05, 0) is 41.8 Å². The number of nitrogen functional groups attached to an aromatic ring is 2. The highest BCUT2D eigenvalue weighted by atomic mass is 32.2. The van der Waals surface area contributed by atoms with E-state index < -0.39 is 0 Å². The summed E-state index contributed by atoms with van der Waals surface area (Å²) in [6.45, 7) is 0. The molecule has 3 aromatic rings. The summed E-state index contributed by atoms with van der Waals surface area (Å²) in [5.74, 6) is -0.325. The number of amides is 1. The van der Waals surface area contributed by atoms with E-state index in [-0.39, 0.29) is 11.2 Å². The van der Waals surface area contributed by atoms with E-state index in [0.29, 0.717) is 28.2 Å². The van der Waals surface area contributed by atoms with Gasteiger partial charge in [0.1, 0.15) is 0 Å². The van der Waals surface area contributed by atoms with Crippen molar-refractivity contribution in [2.45, 2.75) is 16.6 Å². The van der Waals surface area contributed by atoms with Crippen molar-refractivity contribution in [3.8, 4) is 0 Å². The zero-order valence-corrected chi connectivity index (χ0v) is 15.8. The van der Waals surface area contributed by atoms with Crippen LogP contribution in [0.25, 0.3) is 0 Å². The number of benzene rings is 2. The Bertz CT molecular complexity index is 1060. The molecule has 2 aromatic carbocycles. The number of nitrogens with two attached hydrogens (primary N) is 2. The fourth-order valence-electron chi connectivity index (χ4n) is 3.32. The van der Waals surface area contributed by atoms with E-state index in [4.69, 9.17) is 16.9 Å². The second-order valence-corrected chi connectivity index (χ2v) is 7.79. The Hall–Kier alpha value is -3.32. The van der Waals surface area contributed by atoms with Crippen molar-refractivity contribution in [3.05, 3.63) is 77.1 Å². The summed E-state index contributed by atoms with van der Waals surface area (Å²) in [5, 5.41) is 10.7. The van der Waals surface area contributed by atoms with Gasteiger partial charge in [-0.25, -0.2) is 0 Å². The molecule has 0 bridgehead atoms. The lowest BCUT2D eigenvalue weighted by atomic mass is 9.99. The van der Waals surface area contributed by atoms with Gasteiger partial charge in [0.05, 0.1) is 17.4 Å².